The lowest BCUT2D eigenvalue weighted by molar-refractivity contribution is 0.660. The number of aromatic nitrogens is 4. The van der Waals surface area contributed by atoms with Crippen LogP contribution < -0.4 is 0 Å². The van der Waals surface area contributed by atoms with Gasteiger partial charge in [-0.25, -0.2) is 9.97 Å². The second-order valence-corrected chi connectivity index (χ2v) is 20.9. The Morgan fingerprint density at radius 1 is 0.312 bits per heavy atom. The van der Waals surface area contributed by atoms with Crippen molar-refractivity contribution in [2.45, 2.75) is 19.3 Å². The van der Waals surface area contributed by atoms with Gasteiger partial charge in [-0.05, 0) is 149 Å². The fourth-order valence-electron chi connectivity index (χ4n) is 12.5. The molecule has 362 valence electrons. The highest BCUT2D eigenvalue weighted by Crippen LogP contribution is 2.50. The van der Waals surface area contributed by atoms with E-state index in [1.807, 2.05) is 36.7 Å². The molecular weight excluding hydrogens is 933 g/mol. The number of benzene rings is 10. The van der Waals surface area contributed by atoms with E-state index < -0.39 is 0 Å². The predicted octanol–water partition coefficient (Wildman–Crippen LogP) is 19.0. The third kappa shape index (κ3) is 7.21. The first-order chi connectivity index (χ1) is 37.9. The second-order valence-electron chi connectivity index (χ2n) is 20.9. The molecule has 0 bridgehead atoms. The molecule has 0 spiro atoms. The Morgan fingerprint density at radius 3 is 1.14 bits per heavy atom. The number of pyridine rings is 2. The molecule has 0 radical (unpaired) electrons. The quantitative estimate of drug-likeness (QED) is 0.142. The predicted molar refractivity (Wildman–Crippen MR) is 325 cm³/mol. The Kier molecular flexibility index (Phi) is 10.2. The summed E-state index contributed by atoms with van der Waals surface area (Å²) >= 11 is 0. The normalized spacial score (nSPS) is 13.1. The topological polar surface area (TPSA) is 35.6 Å². The maximum absolute atomic E-state index is 4.73. The van der Waals surface area contributed by atoms with Crippen molar-refractivity contribution < 1.29 is 0 Å². The van der Waals surface area contributed by atoms with Gasteiger partial charge in [0, 0.05) is 39.4 Å². The van der Waals surface area contributed by atoms with Gasteiger partial charge in [-0.2, -0.15) is 0 Å². The molecule has 14 aromatic rings. The molecule has 10 aromatic carbocycles. The molecule has 77 heavy (non-hydrogen) atoms. The Bertz CT molecular complexity index is 4460. The third-order valence-electron chi connectivity index (χ3n) is 16.3. The van der Waals surface area contributed by atoms with Crippen molar-refractivity contribution in [3.8, 4) is 45.0 Å². The van der Waals surface area contributed by atoms with Crippen LogP contribution in [0.4, 0.5) is 0 Å². The van der Waals surface area contributed by atoms with Crippen LogP contribution in [0.15, 0.2) is 243 Å². The fraction of sp³-hybridized carbons (Fsp3) is 0.0411. The van der Waals surface area contributed by atoms with Gasteiger partial charge in [0.2, 0.25) is 0 Å². The van der Waals surface area contributed by atoms with Crippen LogP contribution in [-0.4, -0.2) is 19.1 Å². The highest BCUT2D eigenvalue weighted by Gasteiger charge is 2.35. The van der Waals surface area contributed by atoms with E-state index in [0.29, 0.717) is 0 Å². The van der Waals surface area contributed by atoms with Crippen molar-refractivity contribution in [3.05, 3.63) is 276 Å². The number of hydrogen-bond acceptors (Lipinski definition) is 2. The van der Waals surface area contributed by atoms with E-state index in [1.165, 1.54) is 110 Å². The number of rotatable bonds is 8. The van der Waals surface area contributed by atoms with E-state index >= 15 is 0 Å². The number of nitrogens with zero attached hydrogens (tertiary/aromatic N) is 4. The highest BCUT2D eigenvalue weighted by atomic mass is 15.1. The van der Waals surface area contributed by atoms with Crippen LogP contribution in [0, 0.1) is 0 Å². The fourth-order valence-corrected chi connectivity index (χ4v) is 12.5. The van der Waals surface area contributed by atoms with Gasteiger partial charge in [0.05, 0.1) is 22.1 Å². The van der Waals surface area contributed by atoms with E-state index in [2.05, 4.69) is 254 Å². The molecule has 1 aliphatic rings. The minimum absolute atomic E-state index is 0.170. The number of hydrogen-bond donors (Lipinski definition) is 0. The van der Waals surface area contributed by atoms with Gasteiger partial charge < -0.3 is 0 Å². The van der Waals surface area contributed by atoms with E-state index in [1.54, 1.807) is 0 Å². The largest absolute Gasteiger partial charge is 0.294 e. The standard InChI is InChI=1S/C73H50N4/c1-73(2)65-43-47(25-29-49-31-37-55(57-17-5-3-15-53(49)57)51-33-39-69-63(45-51)61-19-7-9-21-67(61)76(69)71-23-11-13-41-74-71)27-35-59(65)60-36-28-48(44-66(60)73)26-30-50-32-38-56(58-18-6-4-16-54(50)58)52-34-40-70-64(46-52)62-20-8-10-22-68(62)77(70)72-24-12-14-42-75-72/h3-46H,1-2H3/b29-25+,30-26+. The minimum atomic E-state index is -0.170. The molecular formula is C73H50N4. The van der Waals surface area contributed by atoms with Crippen LogP contribution in [0.5, 0.6) is 0 Å². The first-order valence-corrected chi connectivity index (χ1v) is 26.5. The molecule has 0 amide bonds. The van der Waals surface area contributed by atoms with Crippen molar-refractivity contribution in [3.63, 3.8) is 0 Å². The summed E-state index contributed by atoms with van der Waals surface area (Å²) in [5, 5.41) is 9.81. The van der Waals surface area contributed by atoms with Gasteiger partial charge in [-0.1, -0.05) is 208 Å². The number of fused-ring (bicyclic) bond motifs is 11. The maximum atomic E-state index is 4.73. The summed E-state index contributed by atoms with van der Waals surface area (Å²) in [6, 6.07) is 83.9. The Hall–Kier alpha value is -9.90. The van der Waals surface area contributed by atoms with E-state index in [-0.39, 0.29) is 5.41 Å². The van der Waals surface area contributed by atoms with E-state index in [0.717, 1.165) is 33.7 Å². The maximum Gasteiger partial charge on any atom is 0.137 e. The highest BCUT2D eigenvalue weighted by molar-refractivity contribution is 6.13. The Morgan fingerprint density at radius 2 is 0.701 bits per heavy atom. The Balaban J connectivity index is 0.711. The molecule has 0 aliphatic heterocycles. The molecule has 0 fully saturated rings. The SMILES string of the molecule is CC1(C)c2cc(/C=C/c3ccc(-c4ccc5c(c4)c4ccccc4n5-c4ccccn4)c4ccccc34)ccc2-c2ccc(/C=C/c3ccc(-c4ccc5c(c4)c4ccccc4n5-c4ccccn4)c4ccccc34)cc21. The van der Waals surface area contributed by atoms with Gasteiger partial charge in [-0.3, -0.25) is 9.13 Å². The van der Waals surface area contributed by atoms with Crippen molar-refractivity contribution in [2.24, 2.45) is 0 Å². The van der Waals surface area contributed by atoms with Crippen molar-refractivity contribution in [1.29, 1.82) is 0 Å². The summed E-state index contributed by atoms with van der Waals surface area (Å²) in [7, 11) is 0. The lowest BCUT2D eigenvalue weighted by Gasteiger charge is -2.22. The lowest BCUT2D eigenvalue weighted by Crippen LogP contribution is -2.15. The van der Waals surface area contributed by atoms with Crippen LogP contribution in [0.2, 0.25) is 0 Å². The number of para-hydroxylation sites is 2. The monoisotopic (exact) mass is 982 g/mol. The lowest BCUT2D eigenvalue weighted by atomic mass is 9.81. The summed E-state index contributed by atoms with van der Waals surface area (Å²) in [4.78, 5) is 9.45. The Labute approximate surface area is 446 Å². The molecule has 0 N–H and O–H groups in total. The zero-order valence-corrected chi connectivity index (χ0v) is 42.7. The van der Waals surface area contributed by atoms with Crippen LogP contribution in [0.25, 0.3) is 134 Å². The van der Waals surface area contributed by atoms with Crippen LogP contribution in [-0.2, 0) is 5.41 Å². The zero-order valence-electron chi connectivity index (χ0n) is 42.7. The molecule has 4 nitrogen and oxygen atoms in total. The molecule has 1 aliphatic carbocycles. The first kappa shape index (κ1) is 44.6. The molecule has 0 saturated heterocycles. The van der Waals surface area contributed by atoms with Gasteiger partial charge in [0.15, 0.2) is 0 Å². The average molecular weight is 983 g/mol. The van der Waals surface area contributed by atoms with E-state index in [4.69, 9.17) is 9.97 Å². The molecule has 4 heteroatoms. The zero-order chi connectivity index (χ0) is 51.2. The van der Waals surface area contributed by atoms with E-state index in [9.17, 15) is 0 Å². The van der Waals surface area contributed by atoms with Crippen molar-refractivity contribution in [1.82, 2.24) is 19.1 Å². The van der Waals surface area contributed by atoms with Crippen LogP contribution >= 0.6 is 0 Å². The summed E-state index contributed by atoms with van der Waals surface area (Å²) < 4.78 is 4.54. The smallest absolute Gasteiger partial charge is 0.137 e. The van der Waals surface area contributed by atoms with Gasteiger partial charge >= 0.3 is 0 Å². The van der Waals surface area contributed by atoms with Gasteiger partial charge in [0.25, 0.3) is 0 Å². The summed E-state index contributed by atoms with van der Waals surface area (Å²) in [6.45, 7) is 4.75. The van der Waals surface area contributed by atoms with Gasteiger partial charge in [-0.15, -0.1) is 0 Å². The van der Waals surface area contributed by atoms with Crippen LogP contribution in [0.1, 0.15) is 47.2 Å². The first-order valence-electron chi connectivity index (χ1n) is 26.5. The van der Waals surface area contributed by atoms with Crippen LogP contribution in [0.3, 0.4) is 0 Å². The second kappa shape index (κ2) is 17.6. The summed E-state index contributed by atoms with van der Waals surface area (Å²) in [5.74, 6) is 1.84. The summed E-state index contributed by atoms with van der Waals surface area (Å²) in [6.07, 6.45) is 12.9. The average Bonchev–Trinajstić information content (AvgIpc) is 4.11. The molecule has 4 aromatic heterocycles. The molecule has 0 saturated carbocycles. The molecule has 0 atom stereocenters. The molecule has 0 unspecified atom stereocenters. The third-order valence-corrected chi connectivity index (χ3v) is 16.3. The molecule has 4 heterocycles. The molecule has 15 rings (SSSR count). The van der Waals surface area contributed by atoms with Crippen molar-refractivity contribution in [2.75, 3.05) is 0 Å². The van der Waals surface area contributed by atoms with Crippen molar-refractivity contribution >= 4 is 89.5 Å². The summed E-state index contributed by atoms with van der Waals surface area (Å²) in [5.41, 5.74) is 19.4. The minimum Gasteiger partial charge on any atom is -0.294 e. The van der Waals surface area contributed by atoms with Gasteiger partial charge in [0.1, 0.15) is 11.6 Å².